The van der Waals surface area contributed by atoms with E-state index in [9.17, 15) is 4.79 Å². The number of nitrogens with zero attached hydrogens (tertiary/aromatic N) is 1. The first kappa shape index (κ1) is 13.2. The van der Waals surface area contributed by atoms with E-state index in [0.717, 1.165) is 22.3 Å². The molecule has 0 atom stereocenters. The van der Waals surface area contributed by atoms with Gasteiger partial charge in [0.25, 0.3) is 0 Å². The van der Waals surface area contributed by atoms with Crippen LogP contribution in [0.2, 0.25) is 0 Å². The quantitative estimate of drug-likeness (QED) is 0.691. The molecule has 0 aliphatic rings. The Balaban J connectivity index is 2.18. The van der Waals surface area contributed by atoms with Crippen molar-refractivity contribution in [2.24, 2.45) is 0 Å². The molecule has 0 N–H and O–H groups in total. The molecule has 0 bridgehead atoms. The predicted octanol–water partition coefficient (Wildman–Crippen LogP) is 3.43. The Morgan fingerprint density at radius 1 is 1.05 bits per heavy atom. The van der Waals surface area contributed by atoms with Gasteiger partial charge in [0.1, 0.15) is 5.75 Å². The van der Waals surface area contributed by atoms with Crippen molar-refractivity contribution in [2.45, 2.75) is 0 Å². The second-order valence-electron chi connectivity index (χ2n) is 4.62. The maximum absolute atomic E-state index is 11.8. The highest BCUT2D eigenvalue weighted by molar-refractivity contribution is 6.04. The summed E-state index contributed by atoms with van der Waals surface area (Å²) in [7, 11) is 3.03. The molecule has 4 nitrogen and oxygen atoms in total. The lowest BCUT2D eigenvalue weighted by molar-refractivity contribution is 0.0603. The van der Waals surface area contributed by atoms with Crippen LogP contribution in [0.15, 0.2) is 54.7 Å². The Labute approximate surface area is 122 Å². The average Bonchev–Trinajstić information content (AvgIpc) is 2.98. The summed E-state index contributed by atoms with van der Waals surface area (Å²) < 4.78 is 12.1. The van der Waals surface area contributed by atoms with Gasteiger partial charge in [-0.2, -0.15) is 0 Å². The van der Waals surface area contributed by atoms with Crippen LogP contribution >= 0.6 is 0 Å². The number of ether oxygens (including phenoxy) is 2. The van der Waals surface area contributed by atoms with Crippen molar-refractivity contribution in [3.05, 3.63) is 60.3 Å². The molecule has 0 aliphatic carbocycles. The van der Waals surface area contributed by atoms with Crippen LogP contribution in [0.4, 0.5) is 0 Å². The molecule has 0 aliphatic heterocycles. The minimum Gasteiger partial charge on any atom is -0.497 e. The number of esters is 1. The molecule has 106 valence electrons. The average molecular weight is 281 g/mol. The molecule has 0 saturated carbocycles. The predicted molar refractivity (Wildman–Crippen MR) is 81.2 cm³/mol. The number of hydrogen-bond donors (Lipinski definition) is 0. The molecule has 0 saturated heterocycles. The van der Waals surface area contributed by atoms with Gasteiger partial charge in [-0.25, -0.2) is 4.79 Å². The highest BCUT2D eigenvalue weighted by Crippen LogP contribution is 2.25. The van der Waals surface area contributed by atoms with Gasteiger partial charge in [-0.1, -0.05) is 12.1 Å². The van der Waals surface area contributed by atoms with E-state index in [1.807, 2.05) is 53.2 Å². The van der Waals surface area contributed by atoms with E-state index in [0.29, 0.717) is 5.56 Å². The third kappa shape index (κ3) is 2.25. The first-order valence-corrected chi connectivity index (χ1v) is 6.57. The summed E-state index contributed by atoms with van der Waals surface area (Å²) in [5.74, 6) is 0.461. The van der Waals surface area contributed by atoms with Gasteiger partial charge in [-0.3, -0.25) is 0 Å². The van der Waals surface area contributed by atoms with Crippen molar-refractivity contribution >= 4 is 16.9 Å². The topological polar surface area (TPSA) is 40.5 Å². The lowest BCUT2D eigenvalue weighted by Crippen LogP contribution is -2.01. The van der Waals surface area contributed by atoms with E-state index in [1.165, 1.54) is 7.11 Å². The summed E-state index contributed by atoms with van der Waals surface area (Å²) in [5, 5.41) is 0.868. The Kier molecular flexibility index (Phi) is 3.36. The lowest BCUT2D eigenvalue weighted by atomic mass is 10.1. The summed E-state index contributed by atoms with van der Waals surface area (Å²) in [6.45, 7) is 0. The molecule has 21 heavy (non-hydrogen) atoms. The minimum atomic E-state index is -0.330. The summed E-state index contributed by atoms with van der Waals surface area (Å²) >= 11 is 0. The summed E-state index contributed by atoms with van der Waals surface area (Å²) in [6.07, 6.45) is 1.94. The van der Waals surface area contributed by atoms with E-state index < -0.39 is 0 Å². The van der Waals surface area contributed by atoms with E-state index in [2.05, 4.69) is 0 Å². The highest BCUT2D eigenvalue weighted by Gasteiger charge is 2.13. The van der Waals surface area contributed by atoms with Gasteiger partial charge in [-0.05, 0) is 30.3 Å². The van der Waals surface area contributed by atoms with E-state index in [-0.39, 0.29) is 5.97 Å². The molecule has 4 heteroatoms. The Bertz CT molecular complexity index is 805. The van der Waals surface area contributed by atoms with Crippen LogP contribution in [-0.2, 0) is 4.74 Å². The lowest BCUT2D eigenvalue weighted by Gasteiger charge is -2.08. The molecule has 0 radical (unpaired) electrons. The molecule has 0 fully saturated rings. The smallest absolute Gasteiger partial charge is 0.338 e. The van der Waals surface area contributed by atoms with E-state index in [4.69, 9.17) is 9.47 Å². The number of carbonyl (C=O) groups is 1. The van der Waals surface area contributed by atoms with Crippen molar-refractivity contribution < 1.29 is 14.3 Å². The van der Waals surface area contributed by atoms with Gasteiger partial charge in [0.15, 0.2) is 0 Å². The SMILES string of the molecule is COC(=O)c1cccc2c1ccn2-c1cccc(OC)c1. The van der Waals surface area contributed by atoms with Gasteiger partial charge in [0.2, 0.25) is 0 Å². The van der Waals surface area contributed by atoms with Gasteiger partial charge in [0, 0.05) is 23.3 Å². The maximum atomic E-state index is 11.8. The summed E-state index contributed by atoms with van der Waals surface area (Å²) in [4.78, 5) is 11.8. The Hall–Kier alpha value is -2.75. The summed E-state index contributed by atoms with van der Waals surface area (Å²) in [6, 6.07) is 15.3. The second-order valence-corrected chi connectivity index (χ2v) is 4.62. The number of methoxy groups -OCH3 is 2. The number of aromatic nitrogens is 1. The van der Waals surface area contributed by atoms with Crippen molar-refractivity contribution in [1.82, 2.24) is 4.57 Å². The van der Waals surface area contributed by atoms with Gasteiger partial charge in [0.05, 0.1) is 25.3 Å². The Morgan fingerprint density at radius 3 is 2.62 bits per heavy atom. The molecule has 1 aromatic heterocycles. The molecular formula is C17H15NO3. The molecule has 0 amide bonds. The fourth-order valence-corrected chi connectivity index (χ4v) is 2.44. The number of rotatable bonds is 3. The fraction of sp³-hybridized carbons (Fsp3) is 0.118. The molecule has 0 spiro atoms. The van der Waals surface area contributed by atoms with Crippen LogP contribution in [0.1, 0.15) is 10.4 Å². The molecule has 1 heterocycles. The third-order valence-corrected chi connectivity index (χ3v) is 3.47. The maximum Gasteiger partial charge on any atom is 0.338 e. The van der Waals surface area contributed by atoms with Gasteiger partial charge < -0.3 is 14.0 Å². The van der Waals surface area contributed by atoms with Crippen LogP contribution in [0.5, 0.6) is 5.75 Å². The monoisotopic (exact) mass is 281 g/mol. The van der Waals surface area contributed by atoms with Crippen LogP contribution in [0, 0.1) is 0 Å². The van der Waals surface area contributed by atoms with Gasteiger partial charge in [-0.15, -0.1) is 0 Å². The summed E-state index contributed by atoms with van der Waals surface area (Å²) in [5.41, 5.74) is 2.49. The molecule has 0 unspecified atom stereocenters. The second kappa shape index (κ2) is 5.32. The Morgan fingerprint density at radius 2 is 1.86 bits per heavy atom. The van der Waals surface area contributed by atoms with Crippen molar-refractivity contribution in [3.8, 4) is 11.4 Å². The van der Waals surface area contributed by atoms with Crippen molar-refractivity contribution in [2.75, 3.05) is 14.2 Å². The first-order chi connectivity index (χ1) is 10.2. The molecule has 3 rings (SSSR count). The molecule has 2 aromatic carbocycles. The van der Waals surface area contributed by atoms with E-state index in [1.54, 1.807) is 13.2 Å². The molecule has 3 aromatic rings. The van der Waals surface area contributed by atoms with Crippen LogP contribution in [0.3, 0.4) is 0 Å². The molecular weight excluding hydrogens is 266 g/mol. The number of fused-ring (bicyclic) bond motifs is 1. The fourth-order valence-electron chi connectivity index (χ4n) is 2.44. The van der Waals surface area contributed by atoms with Crippen molar-refractivity contribution in [3.63, 3.8) is 0 Å². The van der Waals surface area contributed by atoms with Crippen LogP contribution in [0.25, 0.3) is 16.6 Å². The zero-order valence-corrected chi connectivity index (χ0v) is 11.9. The zero-order valence-electron chi connectivity index (χ0n) is 11.9. The first-order valence-electron chi connectivity index (χ1n) is 6.57. The van der Waals surface area contributed by atoms with Crippen molar-refractivity contribution in [1.29, 1.82) is 0 Å². The van der Waals surface area contributed by atoms with Gasteiger partial charge >= 0.3 is 5.97 Å². The normalized spacial score (nSPS) is 10.6. The van der Waals surface area contributed by atoms with E-state index >= 15 is 0 Å². The number of benzene rings is 2. The van der Waals surface area contributed by atoms with Crippen LogP contribution in [-0.4, -0.2) is 24.8 Å². The largest absolute Gasteiger partial charge is 0.497 e. The zero-order chi connectivity index (χ0) is 14.8. The third-order valence-electron chi connectivity index (χ3n) is 3.47. The number of hydrogen-bond acceptors (Lipinski definition) is 3. The standard InChI is InChI=1S/C17H15NO3/c1-20-13-6-3-5-12(11-13)18-10-9-14-15(17(19)21-2)7-4-8-16(14)18/h3-11H,1-2H3. The van der Waals surface area contributed by atoms with Crippen LogP contribution < -0.4 is 4.74 Å². The minimum absolute atomic E-state index is 0.330. The highest BCUT2D eigenvalue weighted by atomic mass is 16.5. The number of carbonyl (C=O) groups excluding carboxylic acids is 1.